The number of unbranched alkanes of at least 4 members (excludes halogenated alkanes) is 1. The first kappa shape index (κ1) is 32.0. The predicted molar refractivity (Wildman–Crippen MR) is 205 cm³/mol. The maximum absolute atomic E-state index is 6.29. The fourth-order valence-corrected chi connectivity index (χ4v) is 7.17. The number of anilines is 1. The van der Waals surface area contributed by atoms with Crippen LogP contribution in [-0.2, 0) is 12.1 Å². The van der Waals surface area contributed by atoms with Gasteiger partial charge in [0.15, 0.2) is 11.7 Å². The number of tetrazole rings is 1. The molecule has 0 unspecified atom stereocenters. The Morgan fingerprint density at radius 1 is 0.627 bits per heavy atom. The molecule has 0 atom stereocenters. The van der Waals surface area contributed by atoms with E-state index in [0.29, 0.717) is 5.82 Å². The van der Waals surface area contributed by atoms with Crippen LogP contribution in [0.4, 0.5) is 5.88 Å². The zero-order chi connectivity index (χ0) is 34.5. The fraction of sp³-hybridized carbons (Fsp3) is 0.133. The monoisotopic (exact) mass is 665 g/mol. The van der Waals surface area contributed by atoms with Crippen molar-refractivity contribution in [1.29, 1.82) is 0 Å². The van der Waals surface area contributed by atoms with Gasteiger partial charge >= 0.3 is 0 Å². The first-order chi connectivity index (χ1) is 25.3. The van der Waals surface area contributed by atoms with Crippen LogP contribution in [0.5, 0.6) is 0 Å². The molecule has 8 rings (SSSR count). The van der Waals surface area contributed by atoms with Crippen molar-refractivity contribution in [3.63, 3.8) is 0 Å². The van der Waals surface area contributed by atoms with E-state index in [0.717, 1.165) is 76.2 Å². The van der Waals surface area contributed by atoms with E-state index in [1.54, 1.807) is 0 Å². The van der Waals surface area contributed by atoms with Crippen LogP contribution in [0, 0.1) is 0 Å². The zero-order valence-electron chi connectivity index (χ0n) is 28.6. The summed E-state index contributed by atoms with van der Waals surface area (Å²) in [5.74, 6) is 1.59. The van der Waals surface area contributed by atoms with Gasteiger partial charge in [-0.1, -0.05) is 171 Å². The molecule has 0 N–H and O–H groups in total. The maximum Gasteiger partial charge on any atom is 0.197 e. The molecule has 0 saturated carbocycles. The summed E-state index contributed by atoms with van der Waals surface area (Å²) < 4.78 is 8.29. The third-order valence-corrected chi connectivity index (χ3v) is 9.67. The van der Waals surface area contributed by atoms with Crippen molar-refractivity contribution in [3.8, 4) is 22.5 Å². The van der Waals surface area contributed by atoms with Gasteiger partial charge in [0.05, 0.1) is 0 Å². The summed E-state index contributed by atoms with van der Waals surface area (Å²) in [4.78, 5) is 2.34. The van der Waals surface area contributed by atoms with E-state index in [2.05, 4.69) is 157 Å². The summed E-state index contributed by atoms with van der Waals surface area (Å²) >= 11 is 0. The molecule has 6 aromatic carbocycles. The predicted octanol–water partition coefficient (Wildman–Crippen LogP) is 10.4. The summed E-state index contributed by atoms with van der Waals surface area (Å²) in [6, 6.07) is 59.2. The van der Waals surface area contributed by atoms with Crippen molar-refractivity contribution in [2.24, 2.45) is 0 Å². The molecule has 0 spiro atoms. The Balaban J connectivity index is 1.20. The van der Waals surface area contributed by atoms with Gasteiger partial charge in [-0.15, -0.1) is 5.10 Å². The first-order valence-corrected chi connectivity index (χ1v) is 17.6. The number of benzene rings is 6. The van der Waals surface area contributed by atoms with Crippen LogP contribution in [0.15, 0.2) is 174 Å². The Hall–Kier alpha value is -6.27. The number of fused-ring (bicyclic) bond motifs is 1. The van der Waals surface area contributed by atoms with Crippen LogP contribution < -0.4 is 4.90 Å². The molecule has 51 heavy (non-hydrogen) atoms. The molecule has 6 nitrogen and oxygen atoms in total. The van der Waals surface area contributed by atoms with Crippen LogP contribution in [-0.4, -0.2) is 26.8 Å². The molecule has 0 amide bonds. The number of hydrogen-bond donors (Lipinski definition) is 0. The molecule has 0 aliphatic carbocycles. The minimum atomic E-state index is -0.835. The second-order valence-electron chi connectivity index (χ2n) is 12.9. The number of aromatic nitrogens is 4. The molecule has 0 bridgehead atoms. The Bertz CT molecular complexity index is 2200. The molecule has 0 aliphatic rings. The lowest BCUT2D eigenvalue weighted by molar-refractivity contribution is 0.451. The highest BCUT2D eigenvalue weighted by atomic mass is 16.4. The van der Waals surface area contributed by atoms with E-state index in [4.69, 9.17) is 14.7 Å². The molecule has 0 radical (unpaired) electrons. The fourth-order valence-electron chi connectivity index (χ4n) is 7.17. The van der Waals surface area contributed by atoms with Gasteiger partial charge in [-0.2, -0.15) is 0 Å². The van der Waals surface area contributed by atoms with E-state index in [1.165, 1.54) is 5.56 Å². The molecule has 250 valence electrons. The van der Waals surface area contributed by atoms with Crippen molar-refractivity contribution >= 4 is 16.9 Å². The molecular formula is C45H39N5O. The topological polar surface area (TPSA) is 60.0 Å². The molecule has 0 fully saturated rings. The number of rotatable bonds is 12. The third-order valence-electron chi connectivity index (χ3n) is 9.67. The van der Waals surface area contributed by atoms with Crippen molar-refractivity contribution in [2.75, 3.05) is 11.4 Å². The first-order valence-electron chi connectivity index (χ1n) is 17.6. The van der Waals surface area contributed by atoms with E-state index in [-0.39, 0.29) is 0 Å². The largest absolute Gasteiger partial charge is 0.441 e. The Labute approximate surface area is 298 Å². The highest BCUT2D eigenvalue weighted by Crippen LogP contribution is 2.43. The summed E-state index contributed by atoms with van der Waals surface area (Å²) in [6.45, 7) is 3.91. The number of hydrogen-bond acceptors (Lipinski definition) is 5. The molecule has 8 aromatic rings. The van der Waals surface area contributed by atoms with E-state index in [1.807, 2.05) is 35.0 Å². The minimum Gasteiger partial charge on any atom is -0.441 e. The van der Waals surface area contributed by atoms with E-state index in [9.17, 15) is 0 Å². The molecule has 0 saturated heterocycles. The number of nitrogens with zero attached hydrogens (tertiary/aromatic N) is 5. The van der Waals surface area contributed by atoms with Gasteiger partial charge in [0, 0.05) is 30.1 Å². The van der Waals surface area contributed by atoms with Crippen molar-refractivity contribution < 1.29 is 4.42 Å². The lowest BCUT2D eigenvalue weighted by atomic mass is 9.77. The number of furan rings is 1. The maximum atomic E-state index is 6.29. The highest BCUT2D eigenvalue weighted by Gasteiger charge is 2.42. The number of para-hydroxylation sites is 1. The van der Waals surface area contributed by atoms with Crippen molar-refractivity contribution in [3.05, 3.63) is 192 Å². The van der Waals surface area contributed by atoms with Gasteiger partial charge in [-0.3, -0.25) is 0 Å². The average Bonchev–Trinajstić information content (AvgIpc) is 3.87. The summed E-state index contributed by atoms with van der Waals surface area (Å²) in [5.41, 5.74) is 7.60. The minimum absolute atomic E-state index is 0.682. The quantitative estimate of drug-likeness (QED) is 0.122. The lowest BCUT2D eigenvalue weighted by Crippen LogP contribution is -2.39. The summed E-state index contributed by atoms with van der Waals surface area (Å²) in [6.07, 6.45) is 2.21. The molecule has 2 heterocycles. The Morgan fingerprint density at radius 3 is 1.80 bits per heavy atom. The van der Waals surface area contributed by atoms with Crippen molar-refractivity contribution in [1.82, 2.24) is 20.2 Å². The van der Waals surface area contributed by atoms with Gasteiger partial charge in [0.1, 0.15) is 11.1 Å². The smallest absolute Gasteiger partial charge is 0.197 e. The second kappa shape index (κ2) is 14.3. The SMILES string of the molecule is CCCCN(Cc1ccc(-c2ccccc2-c2nnnn2C(c2ccccc2)(c2ccccc2)c2ccccc2)cc1)c1cc2ccccc2o1. The van der Waals surface area contributed by atoms with Gasteiger partial charge in [-0.05, 0) is 56.3 Å². The molecule has 2 aromatic heterocycles. The average molecular weight is 666 g/mol. The van der Waals surface area contributed by atoms with Crippen molar-refractivity contribution in [2.45, 2.75) is 31.8 Å². The van der Waals surface area contributed by atoms with Crippen LogP contribution in [0.3, 0.4) is 0 Å². The third kappa shape index (κ3) is 6.10. The lowest BCUT2D eigenvalue weighted by Gasteiger charge is -2.36. The molecular weight excluding hydrogens is 627 g/mol. The normalized spacial score (nSPS) is 11.5. The van der Waals surface area contributed by atoms with E-state index < -0.39 is 5.54 Å². The van der Waals surface area contributed by atoms with Crippen LogP contribution in [0.2, 0.25) is 0 Å². The standard InChI is InChI=1S/C45H39N5O/c1-2-3-31-49(43-32-36-17-13-16-26-42(36)51-43)33-34-27-29-35(30-28-34)40-24-14-15-25-41(40)44-46-47-48-50(44)45(37-18-7-4-8-19-37,38-20-9-5-10-21-38)39-22-11-6-12-23-39/h4-30,32H,2-3,31,33H2,1H3. The highest BCUT2D eigenvalue weighted by molar-refractivity contribution is 5.82. The van der Waals surface area contributed by atoms with Crippen LogP contribution in [0.1, 0.15) is 42.0 Å². The zero-order valence-corrected chi connectivity index (χ0v) is 28.6. The molecule has 6 heteroatoms. The summed E-state index contributed by atoms with van der Waals surface area (Å²) in [5, 5.41) is 15.0. The van der Waals surface area contributed by atoms with Gasteiger partial charge in [-0.25, -0.2) is 4.68 Å². The second-order valence-corrected chi connectivity index (χ2v) is 12.9. The van der Waals surface area contributed by atoms with Crippen LogP contribution in [0.25, 0.3) is 33.5 Å². The Morgan fingerprint density at radius 2 is 1.20 bits per heavy atom. The van der Waals surface area contributed by atoms with Gasteiger partial charge < -0.3 is 9.32 Å². The van der Waals surface area contributed by atoms with Crippen LogP contribution >= 0.6 is 0 Å². The Kier molecular flexibility index (Phi) is 8.96. The van der Waals surface area contributed by atoms with Gasteiger partial charge in [0.2, 0.25) is 0 Å². The van der Waals surface area contributed by atoms with E-state index >= 15 is 0 Å². The summed E-state index contributed by atoms with van der Waals surface area (Å²) in [7, 11) is 0. The molecule has 0 aliphatic heterocycles. The van der Waals surface area contributed by atoms with Gasteiger partial charge in [0.25, 0.3) is 0 Å².